The second-order valence-electron chi connectivity index (χ2n) is 4.87. The summed E-state index contributed by atoms with van der Waals surface area (Å²) < 4.78 is 31.2. The third kappa shape index (κ3) is 4.03. The van der Waals surface area contributed by atoms with Crippen LogP contribution in [0.25, 0.3) is 0 Å². The highest BCUT2D eigenvalue weighted by Gasteiger charge is 2.17. The maximum Gasteiger partial charge on any atom is 0.159 e. The molecule has 1 N–H and O–H groups in total. The number of ether oxygens (including phenoxy) is 1. The summed E-state index contributed by atoms with van der Waals surface area (Å²) in [5.41, 5.74) is 0.732. The van der Waals surface area contributed by atoms with Gasteiger partial charge in [-0.05, 0) is 30.5 Å². The van der Waals surface area contributed by atoms with Crippen molar-refractivity contribution in [1.82, 2.24) is 5.32 Å². The van der Waals surface area contributed by atoms with Crippen molar-refractivity contribution in [1.29, 1.82) is 0 Å². The first kappa shape index (κ1) is 15.1. The third-order valence-electron chi connectivity index (χ3n) is 3.06. The summed E-state index contributed by atoms with van der Waals surface area (Å²) in [6.45, 7) is 6.70. The van der Waals surface area contributed by atoms with Crippen LogP contribution in [0.4, 0.5) is 8.78 Å². The van der Waals surface area contributed by atoms with E-state index >= 15 is 0 Å². The highest BCUT2D eigenvalue weighted by Crippen LogP contribution is 2.18. The summed E-state index contributed by atoms with van der Waals surface area (Å²) >= 11 is 0. The largest absolute Gasteiger partial charge is 0.383 e. The van der Waals surface area contributed by atoms with Gasteiger partial charge in [-0.1, -0.05) is 19.9 Å². The van der Waals surface area contributed by atoms with Crippen molar-refractivity contribution >= 4 is 0 Å². The molecule has 0 amide bonds. The van der Waals surface area contributed by atoms with Gasteiger partial charge in [-0.15, -0.1) is 0 Å². The lowest BCUT2D eigenvalue weighted by atomic mass is 10.0. The summed E-state index contributed by atoms with van der Waals surface area (Å²) in [4.78, 5) is 0. The SMILES string of the molecule is COCC(NC(C)c1ccc(F)c(F)c1)C(C)C. The van der Waals surface area contributed by atoms with Gasteiger partial charge in [-0.3, -0.25) is 0 Å². The molecule has 0 bridgehead atoms. The third-order valence-corrected chi connectivity index (χ3v) is 3.06. The maximum atomic E-state index is 13.2. The molecule has 1 aromatic carbocycles. The zero-order valence-corrected chi connectivity index (χ0v) is 11.3. The van der Waals surface area contributed by atoms with Crippen molar-refractivity contribution in [3.8, 4) is 0 Å². The van der Waals surface area contributed by atoms with Gasteiger partial charge in [0.15, 0.2) is 11.6 Å². The van der Waals surface area contributed by atoms with E-state index in [1.54, 1.807) is 13.2 Å². The van der Waals surface area contributed by atoms with E-state index in [9.17, 15) is 8.78 Å². The Hall–Kier alpha value is -1.00. The number of benzene rings is 1. The molecule has 0 aromatic heterocycles. The van der Waals surface area contributed by atoms with Gasteiger partial charge in [0.1, 0.15) is 0 Å². The lowest BCUT2D eigenvalue weighted by molar-refractivity contribution is 0.141. The van der Waals surface area contributed by atoms with Crippen molar-refractivity contribution in [2.75, 3.05) is 13.7 Å². The summed E-state index contributed by atoms with van der Waals surface area (Å²) in [5.74, 6) is -1.23. The van der Waals surface area contributed by atoms with E-state index in [0.29, 0.717) is 12.5 Å². The highest BCUT2D eigenvalue weighted by molar-refractivity contribution is 5.20. The molecule has 1 rings (SSSR count). The van der Waals surface area contributed by atoms with E-state index in [-0.39, 0.29) is 12.1 Å². The summed E-state index contributed by atoms with van der Waals surface area (Å²) in [7, 11) is 1.65. The molecule has 2 nitrogen and oxygen atoms in total. The fourth-order valence-corrected chi connectivity index (χ4v) is 1.81. The second kappa shape index (κ2) is 6.81. The quantitative estimate of drug-likeness (QED) is 0.844. The number of methoxy groups -OCH3 is 1. The average molecular weight is 257 g/mol. The number of hydrogen-bond donors (Lipinski definition) is 1. The molecule has 0 aliphatic carbocycles. The minimum absolute atomic E-state index is 0.0531. The minimum Gasteiger partial charge on any atom is -0.383 e. The normalized spacial score (nSPS) is 14.8. The molecular weight excluding hydrogens is 236 g/mol. The standard InChI is InChI=1S/C14H21F2NO/c1-9(2)14(8-18-4)17-10(3)11-5-6-12(15)13(16)7-11/h5-7,9-10,14,17H,8H2,1-4H3. The van der Waals surface area contributed by atoms with Gasteiger partial charge < -0.3 is 10.1 Å². The maximum absolute atomic E-state index is 13.2. The first-order valence-electron chi connectivity index (χ1n) is 6.15. The Morgan fingerprint density at radius 2 is 1.83 bits per heavy atom. The molecule has 0 radical (unpaired) electrons. The van der Waals surface area contributed by atoms with Crippen LogP contribution in [0, 0.1) is 17.6 Å². The Balaban J connectivity index is 2.73. The van der Waals surface area contributed by atoms with Gasteiger partial charge in [0.25, 0.3) is 0 Å². The number of halogens is 2. The van der Waals surface area contributed by atoms with Crippen LogP contribution in [0.1, 0.15) is 32.4 Å². The van der Waals surface area contributed by atoms with Gasteiger partial charge in [0.05, 0.1) is 6.61 Å². The van der Waals surface area contributed by atoms with Crippen LogP contribution in [0.15, 0.2) is 18.2 Å². The molecule has 0 saturated heterocycles. The molecular formula is C14H21F2NO. The Bertz CT molecular complexity index is 382. The molecule has 18 heavy (non-hydrogen) atoms. The molecule has 0 aliphatic rings. The first-order valence-corrected chi connectivity index (χ1v) is 6.15. The van der Waals surface area contributed by atoms with Crippen LogP contribution in [-0.4, -0.2) is 19.8 Å². The Morgan fingerprint density at radius 1 is 1.17 bits per heavy atom. The molecule has 2 unspecified atom stereocenters. The summed E-state index contributed by atoms with van der Waals surface area (Å²) in [5, 5.41) is 3.37. The van der Waals surface area contributed by atoms with E-state index < -0.39 is 11.6 Å². The van der Waals surface area contributed by atoms with Gasteiger partial charge >= 0.3 is 0 Å². The van der Waals surface area contributed by atoms with Crippen LogP contribution in [-0.2, 0) is 4.74 Å². The lowest BCUT2D eigenvalue weighted by Crippen LogP contribution is -2.39. The number of nitrogens with one attached hydrogen (secondary N) is 1. The van der Waals surface area contributed by atoms with E-state index in [4.69, 9.17) is 4.74 Å². The van der Waals surface area contributed by atoms with E-state index in [0.717, 1.165) is 11.6 Å². The van der Waals surface area contributed by atoms with E-state index in [1.165, 1.54) is 6.07 Å². The average Bonchev–Trinajstić information content (AvgIpc) is 2.31. The molecule has 0 heterocycles. The van der Waals surface area contributed by atoms with Crippen molar-refractivity contribution < 1.29 is 13.5 Å². The van der Waals surface area contributed by atoms with Crippen LogP contribution in [0.5, 0.6) is 0 Å². The smallest absolute Gasteiger partial charge is 0.159 e. The zero-order chi connectivity index (χ0) is 13.7. The molecule has 0 spiro atoms. The van der Waals surface area contributed by atoms with Gasteiger partial charge in [-0.25, -0.2) is 8.78 Å². The molecule has 0 saturated carbocycles. The monoisotopic (exact) mass is 257 g/mol. The fourth-order valence-electron chi connectivity index (χ4n) is 1.81. The van der Waals surface area contributed by atoms with Crippen molar-refractivity contribution in [2.45, 2.75) is 32.9 Å². The molecule has 1 aromatic rings. The van der Waals surface area contributed by atoms with E-state index in [2.05, 4.69) is 19.2 Å². The van der Waals surface area contributed by atoms with Crippen molar-refractivity contribution in [3.63, 3.8) is 0 Å². The number of rotatable bonds is 6. The topological polar surface area (TPSA) is 21.3 Å². The first-order chi connectivity index (χ1) is 8.45. The predicted molar refractivity (Wildman–Crippen MR) is 68.4 cm³/mol. The Morgan fingerprint density at radius 3 is 2.33 bits per heavy atom. The molecule has 0 aliphatic heterocycles. The van der Waals surface area contributed by atoms with Crippen LogP contribution in [0.2, 0.25) is 0 Å². The van der Waals surface area contributed by atoms with Crippen molar-refractivity contribution in [2.24, 2.45) is 5.92 Å². The molecule has 102 valence electrons. The molecule has 2 atom stereocenters. The van der Waals surface area contributed by atoms with E-state index in [1.807, 2.05) is 6.92 Å². The Labute approximate surface area is 107 Å². The highest BCUT2D eigenvalue weighted by atomic mass is 19.2. The fraction of sp³-hybridized carbons (Fsp3) is 0.571. The molecule has 0 fully saturated rings. The summed E-state index contributed by atoms with van der Waals surface area (Å²) in [6, 6.07) is 4.11. The van der Waals surface area contributed by atoms with Crippen LogP contribution < -0.4 is 5.32 Å². The summed E-state index contributed by atoms with van der Waals surface area (Å²) in [6.07, 6.45) is 0. The van der Waals surface area contributed by atoms with Gasteiger partial charge in [-0.2, -0.15) is 0 Å². The second-order valence-corrected chi connectivity index (χ2v) is 4.87. The lowest BCUT2D eigenvalue weighted by Gasteiger charge is -2.26. The van der Waals surface area contributed by atoms with Crippen molar-refractivity contribution in [3.05, 3.63) is 35.4 Å². The van der Waals surface area contributed by atoms with Gasteiger partial charge in [0, 0.05) is 19.2 Å². The zero-order valence-electron chi connectivity index (χ0n) is 11.3. The van der Waals surface area contributed by atoms with Gasteiger partial charge in [0.2, 0.25) is 0 Å². The number of hydrogen-bond acceptors (Lipinski definition) is 2. The van der Waals surface area contributed by atoms with Crippen LogP contribution >= 0.6 is 0 Å². The van der Waals surface area contributed by atoms with Crippen LogP contribution in [0.3, 0.4) is 0 Å². The predicted octanol–water partition coefficient (Wildman–Crippen LogP) is 3.29. The molecule has 4 heteroatoms. The Kier molecular flexibility index (Phi) is 5.69. The minimum atomic E-state index is -0.816.